The first kappa shape index (κ1) is 13.8. The zero-order chi connectivity index (χ0) is 13.1. The minimum atomic E-state index is -0.713. The fourth-order valence-corrected chi connectivity index (χ4v) is 1.94. The summed E-state index contributed by atoms with van der Waals surface area (Å²) in [5.41, 5.74) is 3.77. The van der Waals surface area contributed by atoms with Crippen molar-refractivity contribution in [3.63, 3.8) is 0 Å². The Kier molecular flexibility index (Phi) is 4.33. The minimum Gasteiger partial charge on any atom is -0.481 e. The van der Waals surface area contributed by atoms with Crippen LogP contribution in [0.3, 0.4) is 0 Å². The van der Waals surface area contributed by atoms with Crippen LogP contribution in [0.5, 0.6) is 0 Å². The molecule has 0 unspecified atom stereocenters. The van der Waals surface area contributed by atoms with E-state index in [-0.39, 0.29) is 11.8 Å². The highest BCUT2D eigenvalue weighted by molar-refractivity contribution is 5.67. The molecule has 0 atom stereocenters. The van der Waals surface area contributed by atoms with Crippen molar-refractivity contribution in [1.82, 2.24) is 0 Å². The summed E-state index contributed by atoms with van der Waals surface area (Å²) in [6.07, 6.45) is 2.08. The molecule has 0 aromatic heterocycles. The van der Waals surface area contributed by atoms with Crippen molar-refractivity contribution in [3.8, 4) is 0 Å². The van der Waals surface area contributed by atoms with Crippen LogP contribution in [0, 0.1) is 19.3 Å². The Bertz CT molecular complexity index is 405. The van der Waals surface area contributed by atoms with Crippen molar-refractivity contribution in [2.75, 3.05) is 0 Å². The van der Waals surface area contributed by atoms with Gasteiger partial charge in [0, 0.05) is 0 Å². The molecule has 0 aliphatic rings. The van der Waals surface area contributed by atoms with Crippen molar-refractivity contribution in [1.29, 1.82) is 0 Å². The van der Waals surface area contributed by atoms with Crippen LogP contribution in [0.4, 0.5) is 0 Å². The van der Waals surface area contributed by atoms with Crippen LogP contribution in [0.25, 0.3) is 0 Å². The highest BCUT2D eigenvalue weighted by atomic mass is 16.4. The van der Waals surface area contributed by atoms with Gasteiger partial charge in [-0.1, -0.05) is 32.0 Å². The molecule has 0 spiro atoms. The van der Waals surface area contributed by atoms with E-state index in [0.717, 1.165) is 12.8 Å². The molecule has 1 rings (SSSR count). The Labute approximate surface area is 104 Å². The average molecular weight is 234 g/mol. The Hall–Kier alpha value is -1.31. The summed E-state index contributed by atoms with van der Waals surface area (Å²) >= 11 is 0. The Morgan fingerprint density at radius 3 is 2.41 bits per heavy atom. The van der Waals surface area contributed by atoms with E-state index in [2.05, 4.69) is 32.0 Å². The first-order valence-electron chi connectivity index (χ1n) is 6.08. The van der Waals surface area contributed by atoms with Gasteiger partial charge in [0.1, 0.15) is 0 Å². The summed E-state index contributed by atoms with van der Waals surface area (Å²) in [5.74, 6) is -0.713. The van der Waals surface area contributed by atoms with Gasteiger partial charge < -0.3 is 5.11 Å². The lowest BCUT2D eigenvalue weighted by Crippen LogP contribution is -2.17. The molecule has 17 heavy (non-hydrogen) atoms. The van der Waals surface area contributed by atoms with E-state index in [4.69, 9.17) is 5.11 Å². The summed E-state index contributed by atoms with van der Waals surface area (Å²) in [6.45, 7) is 8.25. The lowest BCUT2D eigenvalue weighted by atomic mass is 9.83. The van der Waals surface area contributed by atoms with Crippen molar-refractivity contribution in [3.05, 3.63) is 34.9 Å². The van der Waals surface area contributed by atoms with Crippen LogP contribution in [0.1, 0.15) is 43.4 Å². The average Bonchev–Trinajstić information content (AvgIpc) is 2.18. The van der Waals surface area contributed by atoms with E-state index < -0.39 is 5.97 Å². The Morgan fingerprint density at radius 2 is 1.88 bits per heavy atom. The number of aryl methyl sites for hydroxylation is 3. The zero-order valence-corrected chi connectivity index (χ0v) is 11.2. The van der Waals surface area contributed by atoms with Crippen molar-refractivity contribution in [2.45, 2.75) is 47.0 Å². The summed E-state index contributed by atoms with van der Waals surface area (Å²) in [6, 6.07) is 6.47. The predicted molar refractivity (Wildman–Crippen MR) is 70.3 cm³/mol. The number of aliphatic carboxylic acids is 1. The molecule has 0 saturated carbocycles. The van der Waals surface area contributed by atoms with E-state index in [0.29, 0.717) is 0 Å². The molecule has 0 aliphatic carbocycles. The lowest BCUT2D eigenvalue weighted by molar-refractivity contribution is -0.139. The second-order valence-electron chi connectivity index (χ2n) is 5.65. The highest BCUT2D eigenvalue weighted by Gasteiger charge is 2.21. The number of rotatable bonds is 5. The number of hydrogen-bond donors (Lipinski definition) is 1. The normalized spacial score (nSPS) is 11.5. The van der Waals surface area contributed by atoms with Crippen LogP contribution in [-0.4, -0.2) is 11.1 Å². The molecule has 0 radical (unpaired) electrons. The number of benzene rings is 1. The molecular weight excluding hydrogens is 212 g/mol. The van der Waals surface area contributed by atoms with Gasteiger partial charge in [-0.3, -0.25) is 4.79 Å². The van der Waals surface area contributed by atoms with Crippen molar-refractivity contribution < 1.29 is 9.90 Å². The number of carbonyl (C=O) groups is 1. The molecule has 1 aromatic rings. The molecule has 1 N–H and O–H groups in total. The molecule has 94 valence electrons. The lowest BCUT2D eigenvalue weighted by Gasteiger charge is -2.22. The topological polar surface area (TPSA) is 37.3 Å². The van der Waals surface area contributed by atoms with Crippen LogP contribution < -0.4 is 0 Å². The summed E-state index contributed by atoms with van der Waals surface area (Å²) in [4.78, 5) is 10.7. The van der Waals surface area contributed by atoms with E-state index in [1.54, 1.807) is 0 Å². The van der Waals surface area contributed by atoms with Gasteiger partial charge in [-0.15, -0.1) is 0 Å². The standard InChI is InChI=1S/C15H22O2/c1-11-5-6-13(9-12(11)2)7-8-15(3,4)10-14(16)17/h5-6,9H,7-8,10H2,1-4H3,(H,16,17). The van der Waals surface area contributed by atoms with E-state index >= 15 is 0 Å². The van der Waals surface area contributed by atoms with Gasteiger partial charge in [-0.25, -0.2) is 0 Å². The highest BCUT2D eigenvalue weighted by Crippen LogP contribution is 2.27. The summed E-state index contributed by atoms with van der Waals surface area (Å²) < 4.78 is 0. The quantitative estimate of drug-likeness (QED) is 0.842. The maximum absolute atomic E-state index is 10.7. The van der Waals surface area contributed by atoms with Gasteiger partial charge in [0.25, 0.3) is 0 Å². The summed E-state index contributed by atoms with van der Waals surface area (Å²) in [5, 5.41) is 8.83. The number of carboxylic acid groups (broad SMARTS) is 1. The molecule has 0 heterocycles. The summed E-state index contributed by atoms with van der Waals surface area (Å²) in [7, 11) is 0. The molecular formula is C15H22O2. The zero-order valence-electron chi connectivity index (χ0n) is 11.2. The van der Waals surface area contributed by atoms with Gasteiger partial charge in [0.05, 0.1) is 6.42 Å². The molecule has 1 aromatic carbocycles. The van der Waals surface area contributed by atoms with Crippen LogP contribution in [0.15, 0.2) is 18.2 Å². The van der Waals surface area contributed by atoms with Crippen molar-refractivity contribution in [2.24, 2.45) is 5.41 Å². The SMILES string of the molecule is Cc1ccc(CCC(C)(C)CC(=O)O)cc1C. The molecule has 2 heteroatoms. The largest absolute Gasteiger partial charge is 0.481 e. The predicted octanol–water partition coefficient (Wildman–Crippen LogP) is 3.74. The minimum absolute atomic E-state index is 0.134. The van der Waals surface area contributed by atoms with Crippen molar-refractivity contribution >= 4 is 5.97 Å². The monoisotopic (exact) mass is 234 g/mol. The fourth-order valence-electron chi connectivity index (χ4n) is 1.94. The number of hydrogen-bond acceptors (Lipinski definition) is 1. The first-order valence-corrected chi connectivity index (χ1v) is 6.08. The first-order chi connectivity index (χ1) is 7.80. The second kappa shape index (κ2) is 5.35. The molecule has 0 amide bonds. The molecule has 2 nitrogen and oxygen atoms in total. The van der Waals surface area contributed by atoms with E-state index in [1.165, 1.54) is 16.7 Å². The third-order valence-electron chi connectivity index (χ3n) is 3.29. The molecule has 0 fully saturated rings. The van der Waals surface area contributed by atoms with Gasteiger partial charge in [0.15, 0.2) is 0 Å². The smallest absolute Gasteiger partial charge is 0.303 e. The van der Waals surface area contributed by atoms with Crippen LogP contribution >= 0.6 is 0 Å². The van der Waals surface area contributed by atoms with Crippen LogP contribution in [-0.2, 0) is 11.2 Å². The fraction of sp³-hybridized carbons (Fsp3) is 0.533. The number of carboxylic acids is 1. The van der Waals surface area contributed by atoms with E-state index in [9.17, 15) is 4.79 Å². The van der Waals surface area contributed by atoms with Gasteiger partial charge >= 0.3 is 5.97 Å². The molecule has 0 saturated heterocycles. The maximum Gasteiger partial charge on any atom is 0.303 e. The third kappa shape index (κ3) is 4.59. The Morgan fingerprint density at radius 1 is 1.24 bits per heavy atom. The van der Waals surface area contributed by atoms with Gasteiger partial charge in [-0.05, 0) is 48.8 Å². The maximum atomic E-state index is 10.7. The van der Waals surface area contributed by atoms with Crippen LogP contribution in [0.2, 0.25) is 0 Å². The van der Waals surface area contributed by atoms with E-state index in [1.807, 2.05) is 13.8 Å². The molecule has 0 bridgehead atoms. The van der Waals surface area contributed by atoms with Gasteiger partial charge in [0.2, 0.25) is 0 Å². The molecule has 0 aliphatic heterocycles. The second-order valence-corrected chi connectivity index (χ2v) is 5.65. The van der Waals surface area contributed by atoms with Gasteiger partial charge in [-0.2, -0.15) is 0 Å². The Balaban J connectivity index is 2.60. The third-order valence-corrected chi connectivity index (χ3v) is 3.29.